The summed E-state index contributed by atoms with van der Waals surface area (Å²) in [7, 11) is 0. The molecule has 136 valence electrons. The Bertz CT molecular complexity index is 663. The third-order valence-electron chi connectivity index (χ3n) is 4.30. The van der Waals surface area contributed by atoms with E-state index in [2.05, 4.69) is 83.9 Å². The van der Waals surface area contributed by atoms with Crippen LogP contribution in [0.5, 0.6) is 0 Å². The van der Waals surface area contributed by atoms with Crippen molar-refractivity contribution >= 4 is 5.70 Å². The van der Waals surface area contributed by atoms with Crippen molar-refractivity contribution in [2.45, 2.75) is 54.4 Å². The molecule has 0 amide bonds. The average molecular weight is 338 g/mol. The van der Waals surface area contributed by atoms with Crippen LogP contribution in [0, 0.1) is 12.3 Å². The Balaban J connectivity index is 2.80. The Hall–Kier alpha value is -2.02. The molecule has 1 heteroatoms. The summed E-state index contributed by atoms with van der Waals surface area (Å²) in [6, 6.07) is 8.45. The molecule has 0 bridgehead atoms. The van der Waals surface area contributed by atoms with Crippen molar-refractivity contribution in [2.24, 2.45) is 5.41 Å². The predicted octanol–water partition coefficient (Wildman–Crippen LogP) is 6.83. The number of benzene rings is 1. The monoisotopic (exact) mass is 337 g/mol. The SMILES string of the molecule is C=C(C)C(=C)/C(CCNC(=C)c1ccc(C)cc1)=C(/C)CC(C)(C)C. The zero-order valence-corrected chi connectivity index (χ0v) is 17.1. The lowest BCUT2D eigenvalue weighted by molar-refractivity contribution is 0.408. The second-order valence-corrected chi connectivity index (χ2v) is 8.28. The van der Waals surface area contributed by atoms with Gasteiger partial charge in [0.05, 0.1) is 0 Å². The molecule has 0 radical (unpaired) electrons. The number of aryl methyl sites for hydroxylation is 1. The maximum atomic E-state index is 4.26. The van der Waals surface area contributed by atoms with Crippen LogP contribution >= 0.6 is 0 Å². The molecular formula is C24H35N. The van der Waals surface area contributed by atoms with Gasteiger partial charge >= 0.3 is 0 Å². The summed E-state index contributed by atoms with van der Waals surface area (Å²) in [6.45, 7) is 26.5. The van der Waals surface area contributed by atoms with Crippen molar-refractivity contribution in [3.63, 3.8) is 0 Å². The molecule has 0 atom stereocenters. The molecule has 0 spiro atoms. The van der Waals surface area contributed by atoms with E-state index in [4.69, 9.17) is 0 Å². The van der Waals surface area contributed by atoms with Crippen LogP contribution in [0.3, 0.4) is 0 Å². The van der Waals surface area contributed by atoms with Gasteiger partial charge in [-0.1, -0.05) is 81.5 Å². The number of rotatable bonds is 8. The Labute approximate surface area is 155 Å². The summed E-state index contributed by atoms with van der Waals surface area (Å²) in [6.07, 6.45) is 1.99. The summed E-state index contributed by atoms with van der Waals surface area (Å²) in [5.41, 5.74) is 8.48. The van der Waals surface area contributed by atoms with E-state index in [0.29, 0.717) is 0 Å². The lowest BCUT2D eigenvalue weighted by Gasteiger charge is -2.23. The van der Waals surface area contributed by atoms with E-state index in [1.165, 1.54) is 16.7 Å². The number of allylic oxidation sites excluding steroid dienone is 3. The van der Waals surface area contributed by atoms with Gasteiger partial charge in [0.1, 0.15) is 0 Å². The molecule has 0 aromatic heterocycles. The van der Waals surface area contributed by atoms with Gasteiger partial charge in [-0.3, -0.25) is 0 Å². The van der Waals surface area contributed by atoms with E-state index < -0.39 is 0 Å². The summed E-state index contributed by atoms with van der Waals surface area (Å²) in [5.74, 6) is 0. The van der Waals surface area contributed by atoms with Crippen LogP contribution in [0.2, 0.25) is 0 Å². The Kier molecular flexibility index (Phi) is 7.48. The van der Waals surface area contributed by atoms with Crippen LogP contribution in [0.15, 0.2) is 66.3 Å². The lowest BCUT2D eigenvalue weighted by Crippen LogP contribution is -2.15. The highest BCUT2D eigenvalue weighted by molar-refractivity contribution is 5.61. The highest BCUT2D eigenvalue weighted by atomic mass is 14.9. The molecule has 1 aromatic carbocycles. The molecule has 1 aromatic rings. The molecule has 0 unspecified atom stereocenters. The molecule has 0 aliphatic heterocycles. The molecule has 0 saturated carbocycles. The first kappa shape index (κ1) is 21.0. The average Bonchev–Trinajstić information content (AvgIpc) is 2.49. The second-order valence-electron chi connectivity index (χ2n) is 8.28. The molecular weight excluding hydrogens is 302 g/mol. The van der Waals surface area contributed by atoms with Crippen molar-refractivity contribution in [1.82, 2.24) is 5.32 Å². The minimum atomic E-state index is 0.267. The fraction of sp³-hybridized carbons (Fsp3) is 0.417. The van der Waals surface area contributed by atoms with Crippen LogP contribution < -0.4 is 5.32 Å². The number of nitrogens with one attached hydrogen (secondary N) is 1. The first-order chi connectivity index (χ1) is 11.5. The van der Waals surface area contributed by atoms with E-state index in [0.717, 1.165) is 41.8 Å². The van der Waals surface area contributed by atoms with Gasteiger partial charge < -0.3 is 5.32 Å². The Morgan fingerprint density at radius 3 is 2.04 bits per heavy atom. The van der Waals surface area contributed by atoms with E-state index in [9.17, 15) is 0 Å². The second kappa shape index (κ2) is 8.89. The highest BCUT2D eigenvalue weighted by Crippen LogP contribution is 2.30. The normalized spacial score (nSPS) is 12.4. The van der Waals surface area contributed by atoms with Gasteiger partial charge in [-0.25, -0.2) is 0 Å². The number of hydrogen-bond acceptors (Lipinski definition) is 1. The molecule has 1 N–H and O–H groups in total. The smallest absolute Gasteiger partial charge is 0.0340 e. The van der Waals surface area contributed by atoms with E-state index in [1.54, 1.807) is 0 Å². The van der Waals surface area contributed by atoms with Gasteiger partial charge in [0.25, 0.3) is 0 Å². The van der Waals surface area contributed by atoms with Crippen molar-refractivity contribution in [3.8, 4) is 0 Å². The van der Waals surface area contributed by atoms with E-state index in [-0.39, 0.29) is 5.41 Å². The molecule has 1 rings (SSSR count). The molecule has 0 saturated heterocycles. The van der Waals surface area contributed by atoms with Gasteiger partial charge in [0, 0.05) is 12.2 Å². The standard InChI is InChI=1S/C24H35N/c1-17(2)20(5)23(19(4)16-24(7,8)9)14-15-25-21(6)22-12-10-18(3)11-13-22/h10-13,25H,1,5-6,14-16H2,2-4,7-9H3/b23-19-. The van der Waals surface area contributed by atoms with Gasteiger partial charge in [0.15, 0.2) is 0 Å². The molecule has 0 aliphatic rings. The maximum Gasteiger partial charge on any atom is 0.0340 e. The van der Waals surface area contributed by atoms with Crippen LogP contribution in [-0.2, 0) is 0 Å². The summed E-state index contributed by atoms with van der Waals surface area (Å²) < 4.78 is 0. The van der Waals surface area contributed by atoms with Crippen molar-refractivity contribution in [2.75, 3.05) is 6.54 Å². The first-order valence-corrected chi connectivity index (χ1v) is 9.05. The lowest BCUT2D eigenvalue weighted by atomic mass is 9.84. The number of hydrogen-bond donors (Lipinski definition) is 1. The first-order valence-electron chi connectivity index (χ1n) is 9.05. The Morgan fingerprint density at radius 1 is 1.00 bits per heavy atom. The van der Waals surface area contributed by atoms with Gasteiger partial charge in [-0.15, -0.1) is 0 Å². The quantitative estimate of drug-likeness (QED) is 0.513. The predicted molar refractivity (Wildman–Crippen MR) is 114 cm³/mol. The molecule has 0 heterocycles. The third-order valence-corrected chi connectivity index (χ3v) is 4.30. The van der Waals surface area contributed by atoms with Crippen LogP contribution in [0.1, 0.15) is 58.6 Å². The van der Waals surface area contributed by atoms with Gasteiger partial charge in [-0.2, -0.15) is 0 Å². The minimum Gasteiger partial charge on any atom is -0.385 e. The van der Waals surface area contributed by atoms with Crippen LogP contribution in [0.4, 0.5) is 0 Å². The zero-order chi connectivity index (χ0) is 19.2. The van der Waals surface area contributed by atoms with E-state index in [1.807, 2.05) is 6.92 Å². The Morgan fingerprint density at radius 2 is 1.56 bits per heavy atom. The minimum absolute atomic E-state index is 0.267. The van der Waals surface area contributed by atoms with Crippen LogP contribution in [0.25, 0.3) is 5.70 Å². The molecule has 0 fully saturated rings. The summed E-state index contributed by atoms with van der Waals surface area (Å²) in [5, 5.41) is 3.46. The van der Waals surface area contributed by atoms with Crippen molar-refractivity contribution in [1.29, 1.82) is 0 Å². The van der Waals surface area contributed by atoms with Gasteiger partial charge in [0.2, 0.25) is 0 Å². The largest absolute Gasteiger partial charge is 0.385 e. The fourth-order valence-electron chi connectivity index (χ4n) is 2.98. The highest BCUT2D eigenvalue weighted by Gasteiger charge is 2.15. The summed E-state index contributed by atoms with van der Waals surface area (Å²) >= 11 is 0. The van der Waals surface area contributed by atoms with E-state index >= 15 is 0 Å². The van der Waals surface area contributed by atoms with Crippen molar-refractivity contribution < 1.29 is 0 Å². The van der Waals surface area contributed by atoms with Crippen LogP contribution in [-0.4, -0.2) is 6.54 Å². The molecule has 0 aliphatic carbocycles. The maximum absolute atomic E-state index is 4.26. The third kappa shape index (κ3) is 7.17. The zero-order valence-electron chi connectivity index (χ0n) is 17.1. The summed E-state index contributed by atoms with van der Waals surface area (Å²) in [4.78, 5) is 0. The molecule has 25 heavy (non-hydrogen) atoms. The van der Waals surface area contributed by atoms with Gasteiger partial charge in [-0.05, 0) is 55.7 Å². The fourth-order valence-corrected chi connectivity index (χ4v) is 2.98. The van der Waals surface area contributed by atoms with Crippen molar-refractivity contribution in [3.05, 3.63) is 77.4 Å². The molecule has 1 nitrogen and oxygen atoms in total. The topological polar surface area (TPSA) is 12.0 Å².